The summed E-state index contributed by atoms with van der Waals surface area (Å²) in [6.07, 6.45) is 0. The van der Waals surface area contributed by atoms with Crippen molar-refractivity contribution in [2.24, 2.45) is 0 Å². The van der Waals surface area contributed by atoms with E-state index in [0.717, 1.165) is 66.1 Å². The van der Waals surface area contributed by atoms with Crippen LogP contribution in [0.5, 0.6) is 23.0 Å². The van der Waals surface area contributed by atoms with E-state index in [2.05, 4.69) is 91.0 Å². The Balaban J connectivity index is 1.42. The van der Waals surface area contributed by atoms with E-state index in [9.17, 15) is 20.4 Å². The molecule has 0 aliphatic carbocycles. The van der Waals surface area contributed by atoms with Crippen LogP contribution in [0.2, 0.25) is 0 Å². The molecule has 4 heteroatoms. The topological polar surface area (TPSA) is 80.9 Å². The van der Waals surface area contributed by atoms with Crippen LogP contribution in [0.1, 0.15) is 5.56 Å². The summed E-state index contributed by atoms with van der Waals surface area (Å²) in [5.74, 6) is -2.09. The van der Waals surface area contributed by atoms with Crippen molar-refractivity contribution in [3.63, 3.8) is 0 Å². The lowest BCUT2D eigenvalue weighted by atomic mass is 9.84. The highest BCUT2D eigenvalue weighted by atomic mass is 16.3. The summed E-state index contributed by atoms with van der Waals surface area (Å²) >= 11 is 0. The van der Waals surface area contributed by atoms with Gasteiger partial charge < -0.3 is 20.4 Å². The number of hydrogen-bond acceptors (Lipinski definition) is 4. The predicted octanol–water partition coefficient (Wildman–Crippen LogP) is 11.5. The monoisotopic (exact) mass is 636 g/mol. The highest BCUT2D eigenvalue weighted by molar-refractivity contribution is 6.22. The molecule has 4 nitrogen and oxygen atoms in total. The number of hydrogen-bond donors (Lipinski definition) is 4. The maximum absolute atomic E-state index is 11.1. The minimum atomic E-state index is -0.667. The maximum atomic E-state index is 11.1. The summed E-state index contributed by atoms with van der Waals surface area (Å²) in [5.41, 5.74) is 9.32. The lowest BCUT2D eigenvalue weighted by Gasteiger charge is -2.20. The summed E-state index contributed by atoms with van der Waals surface area (Å²) < 4.78 is 0. The fourth-order valence-corrected chi connectivity index (χ4v) is 6.97. The van der Waals surface area contributed by atoms with Gasteiger partial charge in [0.05, 0.1) is 5.56 Å². The number of rotatable bonds is 5. The van der Waals surface area contributed by atoms with Crippen LogP contribution < -0.4 is 0 Å². The molecule has 0 aromatic heterocycles. The first-order valence-corrected chi connectivity index (χ1v) is 16.2. The average Bonchev–Trinajstić information content (AvgIpc) is 3.16. The predicted molar refractivity (Wildman–Crippen MR) is 200 cm³/mol. The molecule has 0 aliphatic rings. The molecule has 0 saturated heterocycles. The van der Waals surface area contributed by atoms with Crippen LogP contribution in [0, 0.1) is 6.92 Å². The largest absolute Gasteiger partial charge is 0.507 e. The Morgan fingerprint density at radius 3 is 1.18 bits per heavy atom. The fourth-order valence-electron chi connectivity index (χ4n) is 6.97. The molecule has 0 radical (unpaired) electrons. The Labute approximate surface area is 284 Å². The molecule has 236 valence electrons. The van der Waals surface area contributed by atoms with Crippen molar-refractivity contribution in [3.8, 4) is 78.6 Å². The number of aromatic hydroxyl groups is 4. The third-order valence-electron chi connectivity index (χ3n) is 9.51. The van der Waals surface area contributed by atoms with E-state index in [0.29, 0.717) is 5.56 Å². The van der Waals surface area contributed by atoms with Crippen LogP contribution in [-0.4, -0.2) is 20.4 Å². The van der Waals surface area contributed by atoms with E-state index in [4.69, 9.17) is 0 Å². The Bertz CT molecular complexity index is 2470. The average molecular weight is 637 g/mol. The Morgan fingerprint density at radius 1 is 0.286 bits per heavy atom. The van der Waals surface area contributed by atoms with E-state index in [-0.39, 0.29) is 16.9 Å². The Morgan fingerprint density at radius 2 is 0.673 bits per heavy atom. The molecule has 0 fully saturated rings. The van der Waals surface area contributed by atoms with E-state index < -0.39 is 17.2 Å². The van der Waals surface area contributed by atoms with Gasteiger partial charge in [-0.15, -0.1) is 0 Å². The van der Waals surface area contributed by atoms with Gasteiger partial charge in [0.25, 0.3) is 0 Å². The molecule has 0 bridgehead atoms. The number of phenolic OH excluding ortho intramolecular Hbond substituents is 4. The second-order valence-corrected chi connectivity index (χ2v) is 12.3. The van der Waals surface area contributed by atoms with Gasteiger partial charge in [0, 0.05) is 5.56 Å². The second-order valence-electron chi connectivity index (χ2n) is 12.3. The van der Waals surface area contributed by atoms with Gasteiger partial charge in [-0.05, 0) is 84.6 Å². The lowest BCUT2D eigenvalue weighted by molar-refractivity contribution is 0.360. The van der Waals surface area contributed by atoms with E-state index >= 15 is 0 Å². The third-order valence-corrected chi connectivity index (χ3v) is 9.51. The van der Waals surface area contributed by atoms with Crippen LogP contribution >= 0.6 is 0 Å². The van der Waals surface area contributed by atoms with Crippen LogP contribution in [0.3, 0.4) is 0 Å². The fraction of sp³-hybridized carbons (Fsp3) is 0.0222. The zero-order valence-corrected chi connectivity index (χ0v) is 26.7. The molecule has 0 saturated carbocycles. The van der Waals surface area contributed by atoms with Gasteiger partial charge in [-0.25, -0.2) is 0 Å². The SMILES string of the molecule is Cc1c(O)c(O)c(O)c(-c2ccc3c(-c4ccc(-c5ccccc5)cc4)c4ccccc4c(-c4ccc(-c5ccccc5)cc4)c3c2)c1O. The zero-order chi connectivity index (χ0) is 33.6. The summed E-state index contributed by atoms with van der Waals surface area (Å²) in [5, 5.41) is 47.0. The minimum absolute atomic E-state index is 0.0574. The van der Waals surface area contributed by atoms with Crippen LogP contribution in [0.15, 0.2) is 152 Å². The van der Waals surface area contributed by atoms with Crippen molar-refractivity contribution < 1.29 is 20.4 Å². The van der Waals surface area contributed by atoms with E-state index in [1.165, 1.54) is 6.92 Å². The first-order valence-electron chi connectivity index (χ1n) is 16.2. The minimum Gasteiger partial charge on any atom is -0.507 e. The van der Waals surface area contributed by atoms with E-state index in [1.807, 2.05) is 60.7 Å². The molecule has 4 N–H and O–H groups in total. The lowest BCUT2D eigenvalue weighted by Crippen LogP contribution is -1.93. The molecule has 0 aliphatic heterocycles. The second kappa shape index (κ2) is 11.9. The van der Waals surface area contributed by atoms with Crippen molar-refractivity contribution in [1.82, 2.24) is 0 Å². The number of phenols is 4. The zero-order valence-electron chi connectivity index (χ0n) is 26.7. The molecular formula is C45H32O4. The normalized spacial score (nSPS) is 11.3. The van der Waals surface area contributed by atoms with Crippen LogP contribution in [-0.2, 0) is 0 Å². The molecule has 0 heterocycles. The summed E-state index contributed by atoms with van der Waals surface area (Å²) in [7, 11) is 0. The van der Waals surface area contributed by atoms with E-state index in [1.54, 1.807) is 0 Å². The number of fused-ring (bicyclic) bond motifs is 2. The Hall–Kier alpha value is -6.52. The highest BCUT2D eigenvalue weighted by Gasteiger charge is 2.24. The van der Waals surface area contributed by atoms with Crippen LogP contribution in [0.4, 0.5) is 0 Å². The maximum Gasteiger partial charge on any atom is 0.201 e. The van der Waals surface area contributed by atoms with Crippen molar-refractivity contribution in [1.29, 1.82) is 0 Å². The van der Waals surface area contributed by atoms with Crippen LogP contribution in [0.25, 0.3) is 77.2 Å². The molecule has 49 heavy (non-hydrogen) atoms. The molecular weight excluding hydrogens is 604 g/mol. The number of benzene rings is 8. The van der Waals surface area contributed by atoms with Gasteiger partial charge in [0.15, 0.2) is 11.5 Å². The standard InChI is InChI=1S/C45H32O4/c1-27-42(46)41(44(48)45(49)43(27)47)34-24-25-37-38(26-34)40(33-22-18-31(19-23-33)29-12-6-3-7-13-29)36-15-9-8-14-35(36)39(37)32-20-16-30(17-21-32)28-10-4-2-5-11-28/h2-26,46-49H,1H3. The molecule has 0 amide bonds. The molecule has 0 spiro atoms. The molecule has 0 unspecified atom stereocenters. The van der Waals surface area contributed by atoms with Gasteiger partial charge in [-0.1, -0.05) is 146 Å². The molecule has 0 atom stereocenters. The van der Waals surface area contributed by atoms with Crippen molar-refractivity contribution >= 4 is 21.5 Å². The quantitative estimate of drug-likeness (QED) is 0.0861. The molecule has 8 aromatic carbocycles. The van der Waals surface area contributed by atoms with Crippen molar-refractivity contribution in [2.45, 2.75) is 6.92 Å². The third kappa shape index (κ3) is 5.02. The summed E-state index contributed by atoms with van der Waals surface area (Å²) in [6.45, 7) is 1.50. The summed E-state index contributed by atoms with van der Waals surface area (Å²) in [6, 6.07) is 51.9. The van der Waals surface area contributed by atoms with Crippen molar-refractivity contribution in [2.75, 3.05) is 0 Å². The highest BCUT2D eigenvalue weighted by Crippen LogP contribution is 2.52. The van der Waals surface area contributed by atoms with Gasteiger partial charge in [0.2, 0.25) is 5.75 Å². The first-order chi connectivity index (χ1) is 23.9. The summed E-state index contributed by atoms with van der Waals surface area (Å²) in [4.78, 5) is 0. The smallest absolute Gasteiger partial charge is 0.201 e. The Kier molecular flexibility index (Phi) is 7.27. The van der Waals surface area contributed by atoms with Gasteiger partial charge in [-0.3, -0.25) is 0 Å². The molecule has 8 rings (SSSR count). The van der Waals surface area contributed by atoms with Gasteiger partial charge in [-0.2, -0.15) is 0 Å². The van der Waals surface area contributed by atoms with Gasteiger partial charge >= 0.3 is 0 Å². The first kappa shape index (κ1) is 29.9. The van der Waals surface area contributed by atoms with Gasteiger partial charge in [0.1, 0.15) is 5.75 Å². The molecule has 8 aromatic rings. The van der Waals surface area contributed by atoms with Crippen molar-refractivity contribution in [3.05, 3.63) is 157 Å².